The highest BCUT2D eigenvalue weighted by molar-refractivity contribution is 5.84. The first kappa shape index (κ1) is 30.2. The van der Waals surface area contributed by atoms with E-state index in [4.69, 9.17) is 24.7 Å². The number of carbonyl (C=O) groups is 2. The fraction of sp³-hybridized carbons (Fsp3) is 0.556. The minimum absolute atomic E-state index is 0.179. The monoisotopic (exact) mass is 545 g/mol. The van der Waals surface area contributed by atoms with E-state index >= 15 is 0 Å². The molecule has 0 spiro atoms. The number of carboxylic acid groups (broad SMARTS) is 1. The highest BCUT2D eigenvalue weighted by atomic mass is 16.5. The van der Waals surface area contributed by atoms with Gasteiger partial charge in [0, 0.05) is 38.6 Å². The normalized spacial score (nSPS) is 15.1. The second-order valence-electron chi connectivity index (χ2n) is 9.02. The number of nitrogens with zero attached hydrogens (tertiary/aromatic N) is 3. The van der Waals surface area contributed by atoms with Gasteiger partial charge in [0.1, 0.15) is 5.75 Å². The molecule has 1 amide bonds. The van der Waals surface area contributed by atoms with Gasteiger partial charge in [-0.05, 0) is 42.2 Å². The summed E-state index contributed by atoms with van der Waals surface area (Å²) in [6.45, 7) is 4.94. The Morgan fingerprint density at radius 1 is 1.03 bits per heavy atom. The van der Waals surface area contributed by atoms with Gasteiger partial charge >= 0.3 is 5.97 Å². The zero-order chi connectivity index (χ0) is 27.7. The number of aromatic nitrogens is 2. The highest BCUT2D eigenvalue weighted by Gasteiger charge is 2.31. The molecule has 1 aliphatic heterocycles. The van der Waals surface area contributed by atoms with Gasteiger partial charge in [-0.2, -0.15) is 0 Å². The summed E-state index contributed by atoms with van der Waals surface area (Å²) in [5, 5.41) is 12.5. The molecule has 0 fully saturated rings. The summed E-state index contributed by atoms with van der Waals surface area (Å²) < 4.78 is 22.3. The lowest BCUT2D eigenvalue weighted by Gasteiger charge is -2.24. The average molecular weight is 546 g/mol. The van der Waals surface area contributed by atoms with Crippen LogP contribution >= 0.6 is 0 Å². The molecule has 1 aromatic heterocycles. The van der Waals surface area contributed by atoms with Crippen molar-refractivity contribution in [1.82, 2.24) is 14.9 Å². The number of nitrogens with two attached hydrogens (primary N) is 1. The Morgan fingerprint density at radius 3 is 2.46 bits per heavy atom. The molecule has 12 nitrogen and oxygen atoms in total. The smallest absolute Gasteiger partial charge is 0.304 e. The Bertz CT molecular complexity index is 1010. The number of ether oxygens (including phenoxy) is 4. The minimum atomic E-state index is -0.991. The standard InChI is InChI=1S/C27H39N5O7/c28-5-11-36-13-15-38-16-14-37-12-9-32-20-23-18-24(39-10-2-8-31-27-29-6-1-7-30-27)4-3-21(23)17-22(26(32)35)19-25(33)34/h1,3-4,6-7,18,22H,2,5,8-17,19-20,28H2,(H,33,34)(H,29,30,31)/t22-/m0/s1. The van der Waals surface area contributed by atoms with Crippen LogP contribution in [-0.4, -0.2) is 97.7 Å². The number of amides is 1. The molecule has 1 atom stereocenters. The summed E-state index contributed by atoms with van der Waals surface area (Å²) in [7, 11) is 0. The molecule has 0 saturated heterocycles. The van der Waals surface area contributed by atoms with E-state index in [1.54, 1.807) is 23.4 Å². The Hall–Kier alpha value is -3.32. The van der Waals surface area contributed by atoms with Crippen LogP contribution < -0.4 is 15.8 Å². The Labute approximate surface area is 228 Å². The van der Waals surface area contributed by atoms with E-state index in [0.717, 1.165) is 17.5 Å². The summed E-state index contributed by atoms with van der Waals surface area (Å²) in [6, 6.07) is 7.50. The maximum atomic E-state index is 13.2. The van der Waals surface area contributed by atoms with Crippen molar-refractivity contribution in [3.63, 3.8) is 0 Å². The zero-order valence-electron chi connectivity index (χ0n) is 22.3. The molecular weight excluding hydrogens is 506 g/mol. The minimum Gasteiger partial charge on any atom is -0.494 e. The van der Waals surface area contributed by atoms with Gasteiger partial charge < -0.3 is 40.0 Å². The zero-order valence-corrected chi connectivity index (χ0v) is 22.3. The Balaban J connectivity index is 1.48. The lowest BCUT2D eigenvalue weighted by Crippen LogP contribution is -2.37. The number of carboxylic acids is 1. The first-order chi connectivity index (χ1) is 19.1. The third-order valence-electron chi connectivity index (χ3n) is 6.04. The summed E-state index contributed by atoms with van der Waals surface area (Å²) >= 11 is 0. The van der Waals surface area contributed by atoms with Crippen LogP contribution in [0, 0.1) is 5.92 Å². The lowest BCUT2D eigenvalue weighted by atomic mass is 9.94. The van der Waals surface area contributed by atoms with Crippen molar-refractivity contribution in [3.8, 4) is 5.75 Å². The van der Waals surface area contributed by atoms with Gasteiger partial charge in [0.15, 0.2) is 0 Å². The largest absolute Gasteiger partial charge is 0.494 e. The van der Waals surface area contributed by atoms with Crippen molar-refractivity contribution in [1.29, 1.82) is 0 Å². The maximum absolute atomic E-state index is 13.2. The molecule has 2 heterocycles. The molecule has 1 aliphatic rings. The number of carbonyl (C=O) groups excluding carboxylic acids is 1. The molecule has 39 heavy (non-hydrogen) atoms. The molecule has 12 heteroatoms. The van der Waals surface area contributed by atoms with Crippen molar-refractivity contribution >= 4 is 17.8 Å². The van der Waals surface area contributed by atoms with Crippen molar-refractivity contribution < 1.29 is 33.6 Å². The van der Waals surface area contributed by atoms with Crippen LogP contribution in [0.25, 0.3) is 0 Å². The predicted octanol–water partition coefficient (Wildman–Crippen LogP) is 1.34. The van der Waals surface area contributed by atoms with Crippen molar-refractivity contribution in [3.05, 3.63) is 47.8 Å². The molecule has 0 aliphatic carbocycles. The van der Waals surface area contributed by atoms with Crippen LogP contribution in [0.15, 0.2) is 36.7 Å². The number of aliphatic carboxylic acids is 1. The van der Waals surface area contributed by atoms with Crippen LogP contribution in [0.1, 0.15) is 24.0 Å². The van der Waals surface area contributed by atoms with Crippen molar-refractivity contribution in [2.45, 2.75) is 25.8 Å². The lowest BCUT2D eigenvalue weighted by molar-refractivity contribution is -0.145. The predicted molar refractivity (Wildman–Crippen MR) is 143 cm³/mol. The van der Waals surface area contributed by atoms with Gasteiger partial charge in [-0.25, -0.2) is 9.97 Å². The van der Waals surface area contributed by atoms with Crippen LogP contribution in [0.3, 0.4) is 0 Å². The molecule has 1 aromatic carbocycles. The van der Waals surface area contributed by atoms with Crippen molar-refractivity contribution in [2.24, 2.45) is 11.7 Å². The third-order valence-corrected chi connectivity index (χ3v) is 6.04. The first-order valence-electron chi connectivity index (χ1n) is 13.3. The van der Waals surface area contributed by atoms with E-state index in [-0.39, 0.29) is 12.3 Å². The molecule has 214 valence electrons. The third kappa shape index (κ3) is 11.1. The van der Waals surface area contributed by atoms with E-state index in [1.807, 2.05) is 18.2 Å². The number of fused-ring (bicyclic) bond motifs is 1. The van der Waals surface area contributed by atoms with E-state index in [9.17, 15) is 14.7 Å². The Morgan fingerprint density at radius 2 is 1.74 bits per heavy atom. The van der Waals surface area contributed by atoms with E-state index < -0.39 is 11.9 Å². The van der Waals surface area contributed by atoms with Gasteiger partial charge in [-0.15, -0.1) is 0 Å². The molecule has 0 bridgehead atoms. The SMILES string of the molecule is NCCOCCOCCOCCN1Cc2cc(OCCCNc3ncccn3)ccc2C[C@@H](CC(=O)O)C1=O. The molecule has 2 aromatic rings. The Kier molecular flexibility index (Phi) is 13.4. The summed E-state index contributed by atoms with van der Waals surface area (Å²) in [4.78, 5) is 34.6. The molecule has 4 N–H and O–H groups in total. The van der Waals surface area contributed by atoms with E-state index in [2.05, 4.69) is 15.3 Å². The van der Waals surface area contributed by atoms with Crippen LogP contribution in [0.4, 0.5) is 5.95 Å². The molecule has 0 unspecified atom stereocenters. The summed E-state index contributed by atoms with van der Waals surface area (Å²) in [5.41, 5.74) is 7.27. The quantitative estimate of drug-likeness (QED) is 0.219. The molecule has 3 rings (SSSR count). The fourth-order valence-corrected chi connectivity index (χ4v) is 4.15. The topological polar surface area (TPSA) is 158 Å². The maximum Gasteiger partial charge on any atom is 0.304 e. The number of hydrogen-bond donors (Lipinski definition) is 3. The van der Waals surface area contributed by atoms with Crippen LogP contribution in [0.2, 0.25) is 0 Å². The number of anilines is 1. The van der Waals surface area contributed by atoms with Gasteiger partial charge in [0.25, 0.3) is 0 Å². The van der Waals surface area contributed by atoms with Gasteiger partial charge in [-0.3, -0.25) is 9.59 Å². The van der Waals surface area contributed by atoms with Crippen LogP contribution in [-0.2, 0) is 36.8 Å². The van der Waals surface area contributed by atoms with E-state index in [1.165, 1.54) is 0 Å². The van der Waals surface area contributed by atoms with Gasteiger partial charge in [0.05, 0.1) is 58.6 Å². The number of nitrogens with one attached hydrogen (secondary N) is 1. The fourth-order valence-electron chi connectivity index (χ4n) is 4.15. The second kappa shape index (κ2) is 17.3. The number of benzene rings is 1. The molecule has 0 saturated carbocycles. The van der Waals surface area contributed by atoms with E-state index in [0.29, 0.717) is 90.5 Å². The number of rotatable bonds is 19. The van der Waals surface area contributed by atoms with Crippen LogP contribution in [0.5, 0.6) is 5.75 Å². The molecule has 0 radical (unpaired) electrons. The second-order valence-corrected chi connectivity index (χ2v) is 9.02. The first-order valence-corrected chi connectivity index (χ1v) is 13.3. The summed E-state index contributed by atoms with van der Waals surface area (Å²) in [5.74, 6) is -0.513. The van der Waals surface area contributed by atoms with Crippen molar-refractivity contribution in [2.75, 3.05) is 71.2 Å². The highest BCUT2D eigenvalue weighted by Crippen LogP contribution is 2.28. The average Bonchev–Trinajstić information content (AvgIpc) is 3.05. The number of hydrogen-bond acceptors (Lipinski definition) is 10. The summed E-state index contributed by atoms with van der Waals surface area (Å²) in [6.07, 6.45) is 4.27. The molecular formula is C27H39N5O7. The van der Waals surface area contributed by atoms with Gasteiger partial charge in [-0.1, -0.05) is 6.07 Å². The van der Waals surface area contributed by atoms with Gasteiger partial charge in [0.2, 0.25) is 11.9 Å².